The van der Waals surface area contributed by atoms with Crippen molar-refractivity contribution in [1.29, 1.82) is 0 Å². The number of unbranched alkanes of at least 4 members (excludes halogenated alkanes) is 15. The van der Waals surface area contributed by atoms with E-state index in [1.807, 2.05) is 43.3 Å². The maximum absolute atomic E-state index is 12.0. The molecule has 0 unspecified atom stereocenters. The minimum Gasteiger partial charge on any atom is -0.462 e. The normalized spacial score (nSPS) is 11.6. The van der Waals surface area contributed by atoms with Crippen LogP contribution in [0, 0.1) is 0 Å². The number of esters is 1. The molecule has 0 spiro atoms. The molecule has 0 fully saturated rings. The van der Waals surface area contributed by atoms with Crippen molar-refractivity contribution in [2.45, 2.75) is 117 Å². The second kappa shape index (κ2) is 19.4. The van der Waals surface area contributed by atoms with Crippen LogP contribution in [0.25, 0.3) is 6.08 Å². The Balaban J connectivity index is 1.84. The first-order chi connectivity index (χ1) is 14.7. The predicted octanol–water partition coefficient (Wildman–Crippen LogP) is 8.89. The molecule has 1 rings (SSSR count). The van der Waals surface area contributed by atoms with Gasteiger partial charge in [-0.05, 0) is 25.0 Å². The molecule has 0 heterocycles. The molecule has 1 aromatic rings. The maximum atomic E-state index is 12.0. The second-order valence-corrected chi connectivity index (χ2v) is 8.68. The van der Waals surface area contributed by atoms with Gasteiger partial charge in [-0.15, -0.1) is 0 Å². The third-order valence-electron chi connectivity index (χ3n) is 5.74. The summed E-state index contributed by atoms with van der Waals surface area (Å²) >= 11 is 0. The Hall–Kier alpha value is -1.57. The van der Waals surface area contributed by atoms with Crippen LogP contribution in [0.5, 0.6) is 0 Å². The van der Waals surface area contributed by atoms with Crippen LogP contribution in [0.2, 0.25) is 0 Å². The number of benzene rings is 1. The fourth-order valence-corrected chi connectivity index (χ4v) is 3.79. The van der Waals surface area contributed by atoms with Gasteiger partial charge in [-0.25, -0.2) is 4.79 Å². The predicted molar refractivity (Wildman–Crippen MR) is 131 cm³/mol. The molecule has 0 aliphatic heterocycles. The van der Waals surface area contributed by atoms with Gasteiger partial charge < -0.3 is 4.74 Å². The number of ether oxygens (including phenoxy) is 1. The largest absolute Gasteiger partial charge is 0.462 e. The number of carbonyl (C=O) groups is 1. The molecule has 0 saturated heterocycles. The van der Waals surface area contributed by atoms with E-state index in [1.165, 1.54) is 89.9 Å². The highest BCUT2D eigenvalue weighted by molar-refractivity contribution is 5.92. The highest BCUT2D eigenvalue weighted by Crippen LogP contribution is 2.14. The zero-order valence-corrected chi connectivity index (χ0v) is 19.8. The monoisotopic (exact) mass is 414 g/mol. The number of carbonyl (C=O) groups excluding carboxylic acids is 1. The van der Waals surface area contributed by atoms with Crippen molar-refractivity contribution in [3.8, 4) is 0 Å². The lowest BCUT2D eigenvalue weighted by Gasteiger charge is -2.06. The lowest BCUT2D eigenvalue weighted by Crippen LogP contribution is -2.07. The summed E-state index contributed by atoms with van der Waals surface area (Å²) in [6, 6.07) is 9.91. The third kappa shape index (κ3) is 15.3. The van der Waals surface area contributed by atoms with E-state index in [0.29, 0.717) is 12.2 Å². The fourth-order valence-electron chi connectivity index (χ4n) is 3.79. The van der Waals surface area contributed by atoms with Crippen LogP contribution < -0.4 is 0 Å². The molecule has 30 heavy (non-hydrogen) atoms. The average Bonchev–Trinajstić information content (AvgIpc) is 2.76. The van der Waals surface area contributed by atoms with E-state index in [0.717, 1.165) is 18.4 Å². The van der Waals surface area contributed by atoms with E-state index in [9.17, 15) is 4.79 Å². The molecule has 0 aromatic heterocycles. The summed E-state index contributed by atoms with van der Waals surface area (Å²) < 4.78 is 5.39. The molecule has 0 amide bonds. The second-order valence-electron chi connectivity index (χ2n) is 8.68. The number of hydrogen-bond donors (Lipinski definition) is 0. The van der Waals surface area contributed by atoms with Crippen LogP contribution in [0.4, 0.5) is 0 Å². The molecule has 170 valence electrons. The number of rotatable bonds is 19. The Labute approximate surface area is 186 Å². The summed E-state index contributed by atoms with van der Waals surface area (Å²) in [6.07, 6.45) is 23.5. The van der Waals surface area contributed by atoms with Gasteiger partial charge >= 0.3 is 5.97 Å². The summed E-state index contributed by atoms with van der Waals surface area (Å²) in [4.78, 5) is 12.0. The molecule has 2 heteroatoms. The van der Waals surface area contributed by atoms with Crippen molar-refractivity contribution in [3.05, 3.63) is 41.5 Å². The minimum atomic E-state index is -0.195. The van der Waals surface area contributed by atoms with Crippen LogP contribution in [0.15, 0.2) is 35.9 Å². The molecule has 0 radical (unpaired) electrons. The van der Waals surface area contributed by atoms with Gasteiger partial charge in [0.05, 0.1) is 6.61 Å². The first-order valence-electron chi connectivity index (χ1n) is 12.6. The first kappa shape index (κ1) is 26.5. The minimum absolute atomic E-state index is 0.195. The van der Waals surface area contributed by atoms with Crippen molar-refractivity contribution in [2.75, 3.05) is 6.61 Å². The quantitative estimate of drug-likeness (QED) is 0.128. The molecule has 0 N–H and O–H groups in total. The molecular weight excluding hydrogens is 368 g/mol. The Morgan fingerprint density at radius 3 is 1.60 bits per heavy atom. The van der Waals surface area contributed by atoms with Gasteiger partial charge in [-0.2, -0.15) is 0 Å². The lowest BCUT2D eigenvalue weighted by molar-refractivity contribution is -0.139. The van der Waals surface area contributed by atoms with Gasteiger partial charge in [-0.3, -0.25) is 0 Å². The van der Waals surface area contributed by atoms with E-state index in [4.69, 9.17) is 4.74 Å². The first-order valence-corrected chi connectivity index (χ1v) is 12.6. The summed E-state index contributed by atoms with van der Waals surface area (Å²) in [6.45, 7) is 4.64. The van der Waals surface area contributed by atoms with Gasteiger partial charge in [0, 0.05) is 5.57 Å². The van der Waals surface area contributed by atoms with E-state index >= 15 is 0 Å². The zero-order valence-electron chi connectivity index (χ0n) is 19.8. The Kier molecular flexibility index (Phi) is 17.1. The van der Waals surface area contributed by atoms with Crippen molar-refractivity contribution >= 4 is 12.0 Å². The van der Waals surface area contributed by atoms with Crippen LogP contribution in [0.1, 0.15) is 122 Å². The van der Waals surface area contributed by atoms with Crippen LogP contribution in [0.3, 0.4) is 0 Å². The van der Waals surface area contributed by atoms with E-state index in [1.54, 1.807) is 0 Å². The lowest BCUT2D eigenvalue weighted by atomic mass is 10.0. The molecule has 1 aromatic carbocycles. The third-order valence-corrected chi connectivity index (χ3v) is 5.74. The standard InChI is InChI=1S/C28H46O2/c1-3-4-5-6-7-8-9-10-11-12-13-14-15-16-17-21-24-30-28(29)26(2)25-27-22-19-18-20-23-27/h18-20,22-23,25H,3-17,21,24H2,1-2H3. The highest BCUT2D eigenvalue weighted by atomic mass is 16.5. The van der Waals surface area contributed by atoms with Gasteiger partial charge in [0.15, 0.2) is 0 Å². The maximum Gasteiger partial charge on any atom is 0.333 e. The molecule has 0 aliphatic rings. The smallest absolute Gasteiger partial charge is 0.333 e. The summed E-state index contributed by atoms with van der Waals surface area (Å²) in [5.41, 5.74) is 1.70. The Bertz CT molecular complexity index is 547. The molecule has 0 atom stereocenters. The Morgan fingerprint density at radius 2 is 1.13 bits per heavy atom. The van der Waals surface area contributed by atoms with Gasteiger partial charge in [0.25, 0.3) is 0 Å². The topological polar surface area (TPSA) is 26.3 Å². The van der Waals surface area contributed by atoms with Crippen LogP contribution >= 0.6 is 0 Å². The van der Waals surface area contributed by atoms with E-state index in [-0.39, 0.29) is 5.97 Å². The zero-order chi connectivity index (χ0) is 21.7. The average molecular weight is 415 g/mol. The molecule has 2 nitrogen and oxygen atoms in total. The highest BCUT2D eigenvalue weighted by Gasteiger charge is 2.05. The van der Waals surface area contributed by atoms with Crippen LogP contribution in [-0.4, -0.2) is 12.6 Å². The van der Waals surface area contributed by atoms with Gasteiger partial charge in [-0.1, -0.05) is 134 Å². The molecule has 0 aliphatic carbocycles. The van der Waals surface area contributed by atoms with Crippen molar-refractivity contribution in [1.82, 2.24) is 0 Å². The summed E-state index contributed by atoms with van der Waals surface area (Å²) in [5, 5.41) is 0. The summed E-state index contributed by atoms with van der Waals surface area (Å²) in [7, 11) is 0. The van der Waals surface area contributed by atoms with Gasteiger partial charge in [0.1, 0.15) is 0 Å². The molecular formula is C28H46O2. The fraction of sp³-hybridized carbons (Fsp3) is 0.679. The Morgan fingerprint density at radius 1 is 0.700 bits per heavy atom. The van der Waals surface area contributed by atoms with Crippen molar-refractivity contribution in [3.63, 3.8) is 0 Å². The van der Waals surface area contributed by atoms with Crippen molar-refractivity contribution < 1.29 is 9.53 Å². The van der Waals surface area contributed by atoms with Crippen molar-refractivity contribution in [2.24, 2.45) is 0 Å². The molecule has 0 saturated carbocycles. The summed E-state index contributed by atoms with van der Waals surface area (Å²) in [5.74, 6) is -0.195. The number of hydrogen-bond acceptors (Lipinski definition) is 2. The van der Waals surface area contributed by atoms with Crippen LogP contribution in [-0.2, 0) is 9.53 Å². The van der Waals surface area contributed by atoms with E-state index in [2.05, 4.69) is 6.92 Å². The van der Waals surface area contributed by atoms with E-state index < -0.39 is 0 Å². The molecule has 0 bridgehead atoms. The SMILES string of the molecule is CCCCCCCCCCCCCCCCCCOC(=O)C(C)=Cc1ccccc1. The van der Waals surface area contributed by atoms with Gasteiger partial charge in [0.2, 0.25) is 0 Å².